The maximum absolute atomic E-state index is 14.2. The number of hydrogen-bond donors (Lipinski definition) is 1. The highest BCUT2D eigenvalue weighted by Gasteiger charge is 2.29. The second-order valence-corrected chi connectivity index (χ2v) is 6.60. The molecule has 1 nitrogen and oxygen atoms in total. The minimum absolute atomic E-state index is 0.118. The number of benzene rings is 1. The van der Waals surface area contributed by atoms with Gasteiger partial charge in [-0.25, -0.2) is 8.78 Å². The van der Waals surface area contributed by atoms with E-state index in [9.17, 15) is 8.78 Å². The first kappa shape index (κ1) is 17.6. The van der Waals surface area contributed by atoms with Crippen molar-refractivity contribution < 1.29 is 8.78 Å². The van der Waals surface area contributed by atoms with Crippen LogP contribution < -0.4 is 5.32 Å². The molecule has 0 radical (unpaired) electrons. The largest absolute Gasteiger partial charge is 0.314 e. The van der Waals surface area contributed by atoms with Crippen molar-refractivity contribution in [2.45, 2.75) is 53.0 Å². The molecule has 0 bridgehead atoms. The van der Waals surface area contributed by atoms with Crippen molar-refractivity contribution in [3.8, 4) is 0 Å². The Morgan fingerprint density at radius 1 is 1.20 bits per heavy atom. The van der Waals surface area contributed by atoms with Gasteiger partial charge in [-0.3, -0.25) is 0 Å². The fraction of sp³-hybridized carbons (Fsp3) is 0.625. The van der Waals surface area contributed by atoms with Crippen LogP contribution in [0, 0.1) is 17.0 Å². The third kappa shape index (κ3) is 4.26. The van der Waals surface area contributed by atoms with Crippen LogP contribution in [0.2, 0.25) is 0 Å². The van der Waals surface area contributed by atoms with Gasteiger partial charge in [-0.15, -0.1) is 0 Å². The topological polar surface area (TPSA) is 12.0 Å². The van der Waals surface area contributed by atoms with Gasteiger partial charge >= 0.3 is 0 Å². The number of rotatable bonds is 7. The summed E-state index contributed by atoms with van der Waals surface area (Å²) in [6.45, 7) is 9.09. The Balaban J connectivity index is 3.04. The Morgan fingerprint density at radius 3 is 2.30 bits per heavy atom. The van der Waals surface area contributed by atoms with Gasteiger partial charge in [0, 0.05) is 18.2 Å². The molecule has 0 heterocycles. The molecule has 0 saturated carbocycles. The van der Waals surface area contributed by atoms with Crippen molar-refractivity contribution in [1.29, 1.82) is 0 Å². The molecule has 0 aromatic heterocycles. The molecule has 1 aromatic rings. The van der Waals surface area contributed by atoms with Crippen LogP contribution in [0.4, 0.5) is 8.78 Å². The number of halogens is 3. The third-order valence-corrected chi connectivity index (χ3v) is 4.69. The van der Waals surface area contributed by atoms with Crippen molar-refractivity contribution >= 4 is 15.9 Å². The van der Waals surface area contributed by atoms with Crippen LogP contribution in [-0.2, 0) is 6.42 Å². The summed E-state index contributed by atoms with van der Waals surface area (Å²) < 4.78 is 28.4. The van der Waals surface area contributed by atoms with Crippen molar-refractivity contribution in [2.24, 2.45) is 5.41 Å². The Hall–Kier alpha value is -0.480. The van der Waals surface area contributed by atoms with Gasteiger partial charge < -0.3 is 5.32 Å². The SMILES string of the molecule is CCC(CC)(CNC(C)C)Cc1c(F)ccc(Br)c1F. The van der Waals surface area contributed by atoms with Crippen molar-refractivity contribution in [3.63, 3.8) is 0 Å². The molecule has 1 N–H and O–H groups in total. The summed E-state index contributed by atoms with van der Waals surface area (Å²) in [5.41, 5.74) is 0.0702. The molecule has 0 fully saturated rings. The monoisotopic (exact) mass is 347 g/mol. The predicted molar refractivity (Wildman–Crippen MR) is 83.9 cm³/mol. The lowest BCUT2D eigenvalue weighted by atomic mass is 9.76. The molecule has 0 atom stereocenters. The van der Waals surface area contributed by atoms with Crippen LogP contribution in [0.15, 0.2) is 16.6 Å². The van der Waals surface area contributed by atoms with E-state index >= 15 is 0 Å². The standard InChI is InChI=1S/C16H24BrF2N/c1-5-16(6-2,10-20-11(3)4)9-12-14(18)8-7-13(17)15(12)19/h7-8,11,20H,5-6,9-10H2,1-4H3. The van der Waals surface area contributed by atoms with Crippen molar-refractivity contribution in [3.05, 3.63) is 33.8 Å². The summed E-state index contributed by atoms with van der Waals surface area (Å²) in [7, 11) is 0. The fourth-order valence-corrected chi connectivity index (χ4v) is 2.71. The lowest BCUT2D eigenvalue weighted by Gasteiger charge is -2.33. The van der Waals surface area contributed by atoms with E-state index < -0.39 is 11.6 Å². The summed E-state index contributed by atoms with van der Waals surface area (Å²) in [4.78, 5) is 0. The molecule has 114 valence electrons. The van der Waals surface area contributed by atoms with E-state index in [2.05, 4.69) is 48.9 Å². The summed E-state index contributed by atoms with van der Waals surface area (Å²) >= 11 is 3.14. The molecule has 1 rings (SSSR count). The van der Waals surface area contributed by atoms with Gasteiger partial charge in [0.1, 0.15) is 11.6 Å². The summed E-state index contributed by atoms with van der Waals surface area (Å²) in [6, 6.07) is 3.11. The third-order valence-electron chi connectivity index (χ3n) is 4.08. The smallest absolute Gasteiger partial charge is 0.143 e. The molecular formula is C16H24BrF2N. The molecule has 20 heavy (non-hydrogen) atoms. The van der Waals surface area contributed by atoms with Crippen LogP contribution in [0.5, 0.6) is 0 Å². The molecule has 0 aliphatic heterocycles. The zero-order valence-corrected chi connectivity index (χ0v) is 14.3. The second kappa shape index (κ2) is 7.51. The number of hydrogen-bond acceptors (Lipinski definition) is 1. The van der Waals surface area contributed by atoms with Gasteiger partial charge in [-0.2, -0.15) is 0 Å². The highest BCUT2D eigenvalue weighted by molar-refractivity contribution is 9.10. The quantitative estimate of drug-likeness (QED) is 0.678. The van der Waals surface area contributed by atoms with E-state index in [1.165, 1.54) is 12.1 Å². The molecule has 0 aliphatic rings. The van der Waals surface area contributed by atoms with E-state index in [4.69, 9.17) is 0 Å². The second-order valence-electron chi connectivity index (χ2n) is 5.74. The molecular weight excluding hydrogens is 324 g/mol. The van der Waals surface area contributed by atoms with E-state index in [1.54, 1.807) is 0 Å². The molecule has 4 heteroatoms. The first-order valence-electron chi connectivity index (χ1n) is 7.21. The zero-order chi connectivity index (χ0) is 15.3. The first-order chi connectivity index (χ1) is 9.35. The number of nitrogens with one attached hydrogen (secondary N) is 1. The average Bonchev–Trinajstić information content (AvgIpc) is 2.43. The van der Waals surface area contributed by atoms with Crippen LogP contribution >= 0.6 is 15.9 Å². The highest BCUT2D eigenvalue weighted by atomic mass is 79.9. The highest BCUT2D eigenvalue weighted by Crippen LogP contribution is 2.34. The Bertz CT molecular complexity index is 442. The van der Waals surface area contributed by atoms with Crippen molar-refractivity contribution in [2.75, 3.05) is 6.54 Å². The fourth-order valence-electron chi connectivity index (χ4n) is 2.34. The predicted octanol–water partition coefficient (Wildman–Crippen LogP) is 5.07. The minimum Gasteiger partial charge on any atom is -0.314 e. The Kier molecular flexibility index (Phi) is 6.59. The molecule has 0 amide bonds. The van der Waals surface area contributed by atoms with Gasteiger partial charge in [0.05, 0.1) is 4.47 Å². The van der Waals surface area contributed by atoms with Gasteiger partial charge in [0.25, 0.3) is 0 Å². The van der Waals surface area contributed by atoms with Gasteiger partial charge in [-0.1, -0.05) is 27.7 Å². The average molecular weight is 348 g/mol. The van der Waals surface area contributed by atoms with E-state index in [0.717, 1.165) is 19.4 Å². The van der Waals surface area contributed by atoms with E-state index in [1.807, 2.05) is 0 Å². The van der Waals surface area contributed by atoms with Crippen molar-refractivity contribution in [1.82, 2.24) is 5.32 Å². The van der Waals surface area contributed by atoms with Crippen LogP contribution in [-0.4, -0.2) is 12.6 Å². The molecule has 1 aromatic carbocycles. The van der Waals surface area contributed by atoms with E-state index in [0.29, 0.717) is 16.9 Å². The zero-order valence-electron chi connectivity index (χ0n) is 12.7. The summed E-state index contributed by atoms with van der Waals surface area (Å²) in [5.74, 6) is -0.928. The molecule has 0 saturated heterocycles. The lowest BCUT2D eigenvalue weighted by molar-refractivity contribution is 0.234. The van der Waals surface area contributed by atoms with Gasteiger partial charge in [0.2, 0.25) is 0 Å². The maximum atomic E-state index is 14.2. The molecule has 0 unspecified atom stereocenters. The van der Waals surface area contributed by atoms with Gasteiger partial charge in [0.15, 0.2) is 0 Å². The molecule has 0 spiro atoms. The minimum atomic E-state index is -0.471. The van der Waals surface area contributed by atoms with Crippen LogP contribution in [0.3, 0.4) is 0 Å². The lowest BCUT2D eigenvalue weighted by Crippen LogP contribution is -2.38. The Morgan fingerprint density at radius 2 is 1.80 bits per heavy atom. The van der Waals surface area contributed by atoms with Gasteiger partial charge in [-0.05, 0) is 52.7 Å². The normalized spacial score (nSPS) is 12.2. The Labute approximate surface area is 129 Å². The summed E-state index contributed by atoms with van der Waals surface area (Å²) in [5, 5.41) is 3.41. The van der Waals surface area contributed by atoms with Crippen LogP contribution in [0.25, 0.3) is 0 Å². The van der Waals surface area contributed by atoms with E-state index in [-0.39, 0.29) is 11.0 Å². The van der Waals surface area contributed by atoms with Crippen LogP contribution in [0.1, 0.15) is 46.1 Å². The summed E-state index contributed by atoms with van der Waals surface area (Å²) in [6.07, 6.45) is 2.18. The first-order valence-corrected chi connectivity index (χ1v) is 8.00. The molecule has 0 aliphatic carbocycles. The maximum Gasteiger partial charge on any atom is 0.143 e.